The monoisotopic (exact) mass is 499 g/mol. The Bertz CT molecular complexity index is 1130. The summed E-state index contributed by atoms with van der Waals surface area (Å²) >= 11 is 0. The number of aliphatic carboxylic acids is 1. The van der Waals surface area contributed by atoms with Crippen LogP contribution >= 0.6 is 0 Å². The number of rotatable bonds is 6. The van der Waals surface area contributed by atoms with E-state index in [4.69, 9.17) is 5.11 Å². The molecule has 14 heteroatoms. The van der Waals surface area contributed by atoms with Gasteiger partial charge < -0.3 is 5.11 Å². The van der Waals surface area contributed by atoms with Gasteiger partial charge in [-0.15, -0.1) is 0 Å². The number of aromatic nitrogens is 2. The zero-order chi connectivity index (χ0) is 24.8. The van der Waals surface area contributed by atoms with E-state index in [2.05, 4.69) is 5.10 Å². The molecule has 1 N–H and O–H groups in total. The Hall–Kier alpha value is -2.61. The molecule has 0 aliphatic heterocycles. The molecule has 1 aliphatic rings. The SMILES string of the molecule is CN(C1CCCc2c1cnn2CCC(=O)O)S(=O)(=O)c1cc(C(F)(F)F)cc(C(F)(F)F)c1. The second-order valence-electron chi connectivity index (χ2n) is 7.58. The van der Waals surface area contributed by atoms with Gasteiger partial charge in [0.15, 0.2) is 0 Å². The van der Waals surface area contributed by atoms with Gasteiger partial charge in [0.05, 0.1) is 41.2 Å². The highest BCUT2D eigenvalue weighted by atomic mass is 32.2. The Morgan fingerprint density at radius 2 is 1.73 bits per heavy atom. The van der Waals surface area contributed by atoms with Gasteiger partial charge in [0, 0.05) is 18.3 Å². The van der Waals surface area contributed by atoms with Crippen LogP contribution in [0.25, 0.3) is 0 Å². The third-order valence-electron chi connectivity index (χ3n) is 5.45. The smallest absolute Gasteiger partial charge is 0.416 e. The molecule has 0 amide bonds. The first-order valence-corrected chi connectivity index (χ1v) is 11.1. The Labute approximate surface area is 184 Å². The topological polar surface area (TPSA) is 92.5 Å². The van der Waals surface area contributed by atoms with E-state index in [1.807, 2.05) is 0 Å². The molecule has 2 aromatic rings. The van der Waals surface area contributed by atoms with Gasteiger partial charge in [0.2, 0.25) is 10.0 Å². The van der Waals surface area contributed by atoms with Gasteiger partial charge in [0.25, 0.3) is 0 Å². The Kier molecular flexibility index (Phi) is 6.54. The molecule has 0 saturated carbocycles. The largest absolute Gasteiger partial charge is 0.481 e. The third-order valence-corrected chi connectivity index (χ3v) is 7.29. The van der Waals surface area contributed by atoms with Crippen LogP contribution < -0.4 is 0 Å². The van der Waals surface area contributed by atoms with Gasteiger partial charge >= 0.3 is 18.3 Å². The van der Waals surface area contributed by atoms with Crippen LogP contribution in [0.15, 0.2) is 29.3 Å². The highest BCUT2D eigenvalue weighted by molar-refractivity contribution is 7.89. The lowest BCUT2D eigenvalue weighted by atomic mass is 9.93. The maximum absolute atomic E-state index is 13.2. The fourth-order valence-electron chi connectivity index (χ4n) is 3.78. The molecule has 1 atom stereocenters. The molecule has 1 aliphatic carbocycles. The third kappa shape index (κ3) is 5.16. The molecule has 0 saturated heterocycles. The number of carbonyl (C=O) groups is 1. The number of nitrogens with zero attached hydrogens (tertiary/aromatic N) is 3. The lowest BCUT2D eigenvalue weighted by Crippen LogP contribution is -2.33. The van der Waals surface area contributed by atoms with Crippen molar-refractivity contribution in [3.63, 3.8) is 0 Å². The fourth-order valence-corrected chi connectivity index (χ4v) is 5.21. The van der Waals surface area contributed by atoms with Gasteiger partial charge in [0.1, 0.15) is 0 Å². The van der Waals surface area contributed by atoms with E-state index in [-0.39, 0.29) is 37.6 Å². The Balaban J connectivity index is 2.02. The standard InChI is InChI=1S/C19H19F6N3O4S/c1-27(15-3-2-4-16-14(15)10-26-28(16)6-5-17(29)30)33(31,32)13-8-11(18(20,21)22)7-12(9-13)19(23,24)25/h7-10,15H,2-6H2,1H3,(H,29,30). The summed E-state index contributed by atoms with van der Waals surface area (Å²) in [4.78, 5) is 9.70. The molecule has 1 aromatic heterocycles. The van der Waals surface area contributed by atoms with Gasteiger partial charge in [-0.25, -0.2) is 8.42 Å². The van der Waals surface area contributed by atoms with Crippen molar-refractivity contribution in [2.24, 2.45) is 0 Å². The predicted molar refractivity (Wildman–Crippen MR) is 102 cm³/mol. The van der Waals surface area contributed by atoms with Crippen molar-refractivity contribution in [2.75, 3.05) is 7.05 Å². The van der Waals surface area contributed by atoms with Crippen molar-refractivity contribution in [1.29, 1.82) is 0 Å². The van der Waals surface area contributed by atoms with Crippen molar-refractivity contribution in [2.45, 2.75) is 55.5 Å². The van der Waals surface area contributed by atoms with Gasteiger partial charge in [-0.05, 0) is 37.5 Å². The highest BCUT2D eigenvalue weighted by Crippen LogP contribution is 2.40. The number of alkyl halides is 6. The molecule has 0 spiro atoms. The first-order valence-electron chi connectivity index (χ1n) is 9.66. The van der Waals surface area contributed by atoms with Crippen molar-refractivity contribution in [3.8, 4) is 0 Å². The lowest BCUT2D eigenvalue weighted by molar-refractivity contribution is -0.143. The molecule has 33 heavy (non-hydrogen) atoms. The van der Waals surface area contributed by atoms with E-state index < -0.39 is 50.4 Å². The average molecular weight is 499 g/mol. The van der Waals surface area contributed by atoms with E-state index in [0.717, 1.165) is 11.4 Å². The summed E-state index contributed by atoms with van der Waals surface area (Å²) in [6, 6.07) is -0.659. The average Bonchev–Trinajstić information content (AvgIpc) is 3.13. The molecule has 1 unspecified atom stereocenters. The molecular weight excluding hydrogens is 480 g/mol. The van der Waals surface area contributed by atoms with Gasteiger partial charge in [-0.3, -0.25) is 9.48 Å². The lowest BCUT2D eigenvalue weighted by Gasteiger charge is -2.31. The molecule has 182 valence electrons. The fraction of sp³-hybridized carbons (Fsp3) is 0.474. The number of carboxylic acids is 1. The second-order valence-corrected chi connectivity index (χ2v) is 9.58. The number of carboxylic acid groups (broad SMARTS) is 1. The second kappa shape index (κ2) is 8.63. The summed E-state index contributed by atoms with van der Waals surface area (Å²) in [6.45, 7) is 0.0381. The molecule has 1 heterocycles. The van der Waals surface area contributed by atoms with Crippen molar-refractivity contribution >= 4 is 16.0 Å². The molecule has 0 radical (unpaired) electrons. The van der Waals surface area contributed by atoms with Crippen LogP contribution in [0.1, 0.15) is 47.7 Å². The summed E-state index contributed by atoms with van der Waals surface area (Å²) in [5.74, 6) is -1.06. The zero-order valence-electron chi connectivity index (χ0n) is 17.1. The number of aryl methyl sites for hydroxylation is 1. The summed E-state index contributed by atoms with van der Waals surface area (Å²) < 4.78 is 107. The molecule has 0 fully saturated rings. The first kappa shape index (κ1) is 25.0. The van der Waals surface area contributed by atoms with E-state index >= 15 is 0 Å². The molecule has 7 nitrogen and oxygen atoms in total. The van der Waals surface area contributed by atoms with E-state index in [1.165, 1.54) is 10.9 Å². The van der Waals surface area contributed by atoms with E-state index in [0.29, 0.717) is 24.1 Å². The number of sulfonamides is 1. The summed E-state index contributed by atoms with van der Waals surface area (Å²) in [5.41, 5.74) is -2.44. The predicted octanol–water partition coefficient (Wildman–Crippen LogP) is 4.09. The minimum absolute atomic E-state index is 0.0381. The first-order chi connectivity index (χ1) is 15.1. The van der Waals surface area contributed by atoms with Crippen LogP contribution in [0.5, 0.6) is 0 Å². The minimum atomic E-state index is -5.19. The Morgan fingerprint density at radius 3 is 2.24 bits per heavy atom. The van der Waals surface area contributed by atoms with Crippen molar-refractivity contribution in [1.82, 2.24) is 14.1 Å². The maximum atomic E-state index is 13.2. The number of hydrogen-bond donors (Lipinski definition) is 1. The zero-order valence-corrected chi connectivity index (χ0v) is 17.9. The highest BCUT2D eigenvalue weighted by Gasteiger charge is 2.40. The number of benzene rings is 1. The Morgan fingerprint density at radius 1 is 1.15 bits per heavy atom. The summed E-state index contributed by atoms with van der Waals surface area (Å²) in [5, 5.41) is 12.9. The molecule has 3 rings (SSSR count). The molecule has 0 bridgehead atoms. The normalized spacial score (nSPS) is 17.3. The molecule has 1 aromatic carbocycles. The number of halogens is 6. The maximum Gasteiger partial charge on any atom is 0.416 e. The minimum Gasteiger partial charge on any atom is -0.481 e. The van der Waals surface area contributed by atoms with Crippen LogP contribution in [0.3, 0.4) is 0 Å². The van der Waals surface area contributed by atoms with Crippen molar-refractivity contribution < 1.29 is 44.7 Å². The van der Waals surface area contributed by atoms with Gasteiger partial charge in [-0.1, -0.05) is 0 Å². The summed E-state index contributed by atoms with van der Waals surface area (Å²) in [6.07, 6.45) is -8.05. The van der Waals surface area contributed by atoms with Gasteiger partial charge in [-0.2, -0.15) is 35.7 Å². The molecular formula is C19H19F6N3O4S. The number of fused-ring (bicyclic) bond motifs is 1. The van der Waals surface area contributed by atoms with Crippen LogP contribution in [-0.4, -0.2) is 40.6 Å². The van der Waals surface area contributed by atoms with E-state index in [1.54, 1.807) is 0 Å². The quantitative estimate of drug-likeness (QED) is 0.605. The van der Waals surface area contributed by atoms with Crippen LogP contribution in [0, 0.1) is 0 Å². The van der Waals surface area contributed by atoms with Crippen LogP contribution in [-0.2, 0) is 40.1 Å². The number of hydrogen-bond acceptors (Lipinski definition) is 4. The van der Waals surface area contributed by atoms with Crippen LogP contribution in [0.4, 0.5) is 26.3 Å². The van der Waals surface area contributed by atoms with Crippen LogP contribution in [0.2, 0.25) is 0 Å². The van der Waals surface area contributed by atoms with Crippen molar-refractivity contribution in [3.05, 3.63) is 46.8 Å². The summed E-state index contributed by atoms with van der Waals surface area (Å²) in [7, 11) is -3.68. The van der Waals surface area contributed by atoms with E-state index in [9.17, 15) is 39.6 Å².